The van der Waals surface area contributed by atoms with Crippen LogP contribution in [-0.2, 0) is 0 Å². The molecule has 1 nitrogen and oxygen atoms in total. The molecular formula is C14H16Cl2O. The van der Waals surface area contributed by atoms with E-state index in [4.69, 9.17) is 23.2 Å². The molecule has 0 aromatic heterocycles. The van der Waals surface area contributed by atoms with Crippen LogP contribution < -0.4 is 0 Å². The lowest BCUT2D eigenvalue weighted by atomic mass is 9.84. The van der Waals surface area contributed by atoms with Gasteiger partial charge in [-0.3, -0.25) is 4.79 Å². The van der Waals surface area contributed by atoms with Gasteiger partial charge in [0.25, 0.3) is 0 Å². The molecule has 1 aromatic carbocycles. The zero-order chi connectivity index (χ0) is 12.3. The number of carbonyl (C=O) groups is 1. The molecule has 3 heteroatoms. The summed E-state index contributed by atoms with van der Waals surface area (Å²) in [6.07, 6.45) is 6.52. The van der Waals surface area contributed by atoms with Gasteiger partial charge in [0.1, 0.15) is 0 Å². The number of Topliss-reactive ketones (excluding diaryl/α,β-unsaturated/α-hetero) is 1. The summed E-state index contributed by atoms with van der Waals surface area (Å²) in [4.78, 5) is 10.6. The molecule has 0 unspecified atom stereocenters. The van der Waals surface area contributed by atoms with Gasteiger partial charge in [0, 0.05) is 5.56 Å². The molecule has 0 spiro atoms. The maximum atomic E-state index is 11.6. The molecule has 0 heterocycles. The Morgan fingerprint density at radius 3 is 2.18 bits per heavy atom. The van der Waals surface area contributed by atoms with Crippen LogP contribution in [0.3, 0.4) is 0 Å². The van der Waals surface area contributed by atoms with Crippen molar-refractivity contribution in [2.75, 3.05) is 0 Å². The monoisotopic (exact) mass is 270 g/mol. The van der Waals surface area contributed by atoms with E-state index >= 15 is 0 Å². The molecule has 92 valence electrons. The van der Waals surface area contributed by atoms with E-state index in [-0.39, 0.29) is 5.78 Å². The Morgan fingerprint density at radius 1 is 1.06 bits per heavy atom. The fraction of sp³-hybridized carbons (Fsp3) is 0.500. The standard InChI is InChI=1S/C14H16Cl2O/c15-14(16)13(17)12-8-6-11(7-9-12)10-4-2-1-3-5-10/h6-10,14H,1-5H2. The minimum absolute atomic E-state index is 0.219. The van der Waals surface area contributed by atoms with Crippen molar-refractivity contribution < 1.29 is 4.79 Å². The van der Waals surface area contributed by atoms with Gasteiger partial charge in [-0.25, -0.2) is 0 Å². The minimum atomic E-state index is -0.962. The number of halogens is 2. The number of hydrogen-bond acceptors (Lipinski definition) is 1. The van der Waals surface area contributed by atoms with Crippen molar-refractivity contribution in [3.63, 3.8) is 0 Å². The highest BCUT2D eigenvalue weighted by Crippen LogP contribution is 2.32. The molecule has 0 bridgehead atoms. The lowest BCUT2D eigenvalue weighted by Crippen LogP contribution is -2.09. The number of ketones is 1. The number of alkyl halides is 2. The van der Waals surface area contributed by atoms with Crippen LogP contribution in [-0.4, -0.2) is 10.6 Å². The van der Waals surface area contributed by atoms with Crippen molar-refractivity contribution in [3.05, 3.63) is 35.4 Å². The average molecular weight is 271 g/mol. The summed E-state index contributed by atoms with van der Waals surface area (Å²) in [5.41, 5.74) is 1.93. The molecule has 1 aliphatic rings. The number of carbonyl (C=O) groups excluding carboxylic acids is 1. The van der Waals surface area contributed by atoms with Crippen LogP contribution in [0.15, 0.2) is 24.3 Å². The van der Waals surface area contributed by atoms with Crippen LogP contribution in [0.2, 0.25) is 0 Å². The summed E-state index contributed by atoms with van der Waals surface area (Å²) in [6.45, 7) is 0. The lowest BCUT2D eigenvalue weighted by molar-refractivity contribution is 0.101. The summed E-state index contributed by atoms with van der Waals surface area (Å²) >= 11 is 11.1. The van der Waals surface area contributed by atoms with Gasteiger partial charge in [0.15, 0.2) is 10.6 Å². The Kier molecular flexibility index (Phi) is 4.47. The molecule has 1 aliphatic carbocycles. The molecule has 1 saturated carbocycles. The SMILES string of the molecule is O=C(c1ccc(C2CCCCC2)cc1)C(Cl)Cl. The van der Waals surface area contributed by atoms with Crippen molar-refractivity contribution in [1.82, 2.24) is 0 Å². The van der Waals surface area contributed by atoms with Gasteiger partial charge in [-0.1, -0.05) is 66.7 Å². The fourth-order valence-corrected chi connectivity index (χ4v) is 2.73. The smallest absolute Gasteiger partial charge is 0.195 e. The van der Waals surface area contributed by atoms with Gasteiger partial charge in [0.2, 0.25) is 0 Å². The molecule has 0 amide bonds. The van der Waals surface area contributed by atoms with Crippen molar-refractivity contribution in [2.45, 2.75) is 42.9 Å². The Bertz CT molecular complexity index is 378. The zero-order valence-electron chi connectivity index (χ0n) is 9.66. The third-order valence-corrected chi connectivity index (χ3v) is 3.87. The summed E-state index contributed by atoms with van der Waals surface area (Å²) in [5.74, 6) is 0.444. The van der Waals surface area contributed by atoms with Crippen molar-refractivity contribution in [2.24, 2.45) is 0 Å². The van der Waals surface area contributed by atoms with Crippen LogP contribution >= 0.6 is 23.2 Å². The van der Waals surface area contributed by atoms with E-state index in [2.05, 4.69) is 0 Å². The zero-order valence-corrected chi connectivity index (χ0v) is 11.2. The first-order valence-corrected chi connectivity index (χ1v) is 6.98. The van der Waals surface area contributed by atoms with Gasteiger partial charge in [-0.05, 0) is 24.3 Å². The van der Waals surface area contributed by atoms with Gasteiger partial charge in [0.05, 0.1) is 0 Å². The van der Waals surface area contributed by atoms with Crippen molar-refractivity contribution in [3.8, 4) is 0 Å². The molecule has 0 saturated heterocycles. The Balaban J connectivity index is 2.09. The Hall–Kier alpha value is -0.530. The first kappa shape index (κ1) is 12.9. The fourth-order valence-electron chi connectivity index (χ4n) is 2.48. The van der Waals surface area contributed by atoms with Crippen LogP contribution in [0.1, 0.15) is 53.9 Å². The second-order valence-electron chi connectivity index (χ2n) is 4.62. The number of benzene rings is 1. The van der Waals surface area contributed by atoms with E-state index in [0.29, 0.717) is 11.5 Å². The van der Waals surface area contributed by atoms with E-state index in [1.165, 1.54) is 37.7 Å². The number of hydrogen-bond donors (Lipinski definition) is 0. The van der Waals surface area contributed by atoms with Crippen LogP contribution in [0.4, 0.5) is 0 Å². The van der Waals surface area contributed by atoms with Gasteiger partial charge in [-0.2, -0.15) is 0 Å². The van der Waals surface area contributed by atoms with Gasteiger partial charge in [-0.15, -0.1) is 0 Å². The molecule has 17 heavy (non-hydrogen) atoms. The Morgan fingerprint density at radius 2 is 1.65 bits per heavy atom. The highest BCUT2D eigenvalue weighted by Gasteiger charge is 2.17. The van der Waals surface area contributed by atoms with Crippen LogP contribution in [0.5, 0.6) is 0 Å². The molecule has 0 atom stereocenters. The van der Waals surface area contributed by atoms with E-state index in [9.17, 15) is 4.79 Å². The minimum Gasteiger partial charge on any atom is -0.291 e. The maximum Gasteiger partial charge on any atom is 0.195 e. The topological polar surface area (TPSA) is 17.1 Å². The molecule has 2 rings (SSSR count). The quantitative estimate of drug-likeness (QED) is 0.574. The lowest BCUT2D eigenvalue weighted by Gasteiger charge is -2.22. The molecular weight excluding hydrogens is 255 g/mol. The van der Waals surface area contributed by atoms with Crippen molar-refractivity contribution in [1.29, 1.82) is 0 Å². The average Bonchev–Trinajstić information content (AvgIpc) is 2.39. The van der Waals surface area contributed by atoms with E-state index in [0.717, 1.165) is 0 Å². The van der Waals surface area contributed by atoms with Crippen molar-refractivity contribution >= 4 is 29.0 Å². The highest BCUT2D eigenvalue weighted by molar-refractivity contribution is 6.55. The molecule has 0 N–H and O–H groups in total. The first-order valence-electron chi connectivity index (χ1n) is 6.11. The molecule has 1 fully saturated rings. The Labute approximate surface area is 112 Å². The van der Waals surface area contributed by atoms with E-state index in [1.54, 1.807) is 0 Å². The summed E-state index contributed by atoms with van der Waals surface area (Å²) in [5, 5.41) is 0. The normalized spacial score (nSPS) is 17.4. The highest BCUT2D eigenvalue weighted by atomic mass is 35.5. The summed E-state index contributed by atoms with van der Waals surface area (Å²) in [6, 6.07) is 7.76. The molecule has 1 aromatic rings. The summed E-state index contributed by atoms with van der Waals surface area (Å²) in [7, 11) is 0. The largest absolute Gasteiger partial charge is 0.291 e. The molecule has 0 radical (unpaired) electrons. The maximum absolute atomic E-state index is 11.6. The third-order valence-electron chi connectivity index (χ3n) is 3.47. The van der Waals surface area contributed by atoms with E-state index < -0.39 is 4.84 Å². The van der Waals surface area contributed by atoms with Gasteiger partial charge < -0.3 is 0 Å². The second-order valence-corrected chi connectivity index (χ2v) is 5.72. The molecule has 0 aliphatic heterocycles. The second kappa shape index (κ2) is 5.88. The predicted molar refractivity (Wildman–Crippen MR) is 72.1 cm³/mol. The summed E-state index contributed by atoms with van der Waals surface area (Å²) < 4.78 is 0. The van der Waals surface area contributed by atoms with Gasteiger partial charge >= 0.3 is 0 Å². The third kappa shape index (κ3) is 3.23. The van der Waals surface area contributed by atoms with Crippen LogP contribution in [0.25, 0.3) is 0 Å². The first-order chi connectivity index (χ1) is 8.18. The number of rotatable bonds is 3. The van der Waals surface area contributed by atoms with E-state index in [1.807, 2.05) is 24.3 Å². The van der Waals surface area contributed by atoms with Crippen LogP contribution in [0, 0.1) is 0 Å². The predicted octanol–water partition coefficient (Wildman–Crippen LogP) is 4.72.